The van der Waals surface area contributed by atoms with Gasteiger partial charge in [0.25, 0.3) is 5.91 Å². The van der Waals surface area contributed by atoms with E-state index >= 15 is 0 Å². The molecule has 1 fully saturated rings. The van der Waals surface area contributed by atoms with Crippen LogP contribution in [0.25, 0.3) is 6.08 Å². The van der Waals surface area contributed by atoms with Crippen molar-refractivity contribution in [2.45, 2.75) is 13.3 Å². The third kappa shape index (κ3) is 4.18. The maximum atomic E-state index is 12.1. The van der Waals surface area contributed by atoms with E-state index in [1.807, 2.05) is 24.3 Å². The number of hydrogen-bond donors (Lipinski definition) is 2. The number of rotatable bonds is 3. The molecular formula is C18H14Cl2N2O2S. The van der Waals surface area contributed by atoms with Crippen LogP contribution in [-0.4, -0.2) is 16.2 Å². The number of aromatic hydroxyl groups is 1. The Kier molecular flexibility index (Phi) is 5.37. The predicted octanol–water partition coefficient (Wildman–Crippen LogP) is 5.15. The lowest BCUT2D eigenvalue weighted by molar-refractivity contribution is -0.115. The Morgan fingerprint density at radius 2 is 1.84 bits per heavy atom. The molecule has 1 saturated heterocycles. The van der Waals surface area contributed by atoms with Crippen molar-refractivity contribution in [1.82, 2.24) is 5.32 Å². The Bertz CT molecular complexity index is 869. The molecule has 2 aromatic carbocycles. The summed E-state index contributed by atoms with van der Waals surface area (Å²) in [4.78, 5) is 17.0. The second-order valence-electron chi connectivity index (χ2n) is 5.33. The van der Waals surface area contributed by atoms with Crippen LogP contribution in [-0.2, 0) is 11.2 Å². The summed E-state index contributed by atoms with van der Waals surface area (Å²) in [5, 5.41) is 13.1. The zero-order valence-corrected chi connectivity index (χ0v) is 15.5. The Balaban J connectivity index is 1.83. The summed E-state index contributed by atoms with van der Waals surface area (Å²) < 4.78 is 0. The Labute approximate surface area is 159 Å². The number of phenolic OH excluding ortho intramolecular Hbond substituents is 1. The van der Waals surface area contributed by atoms with Crippen molar-refractivity contribution in [3.8, 4) is 5.75 Å². The second-order valence-corrected chi connectivity index (χ2v) is 7.18. The summed E-state index contributed by atoms with van der Waals surface area (Å²) in [6.07, 6.45) is 2.62. The summed E-state index contributed by atoms with van der Waals surface area (Å²) in [6, 6.07) is 10.9. The number of amides is 1. The van der Waals surface area contributed by atoms with Crippen LogP contribution < -0.4 is 5.32 Å². The number of thioether (sulfide) groups is 1. The molecule has 1 heterocycles. The molecule has 7 heteroatoms. The number of nitrogens with one attached hydrogen (secondary N) is 1. The third-order valence-electron chi connectivity index (χ3n) is 3.56. The first kappa shape index (κ1) is 17.9. The standard InChI is InChI=1S/C18H14Cl2N2O2S/c1-2-10-3-5-12(6-4-10)21-18-22-17(24)15(25-18)9-11-7-13(19)16(23)14(20)8-11/h3-9,23H,2H2,1H3,(H,21,22,24)/b15-9+. The summed E-state index contributed by atoms with van der Waals surface area (Å²) in [5.41, 5.74) is 2.63. The normalized spacial score (nSPS) is 17.3. The lowest BCUT2D eigenvalue weighted by Crippen LogP contribution is -2.19. The second kappa shape index (κ2) is 7.52. The molecule has 0 unspecified atom stereocenters. The molecule has 0 radical (unpaired) electrons. The average Bonchev–Trinajstić information content (AvgIpc) is 2.92. The zero-order chi connectivity index (χ0) is 18.0. The molecule has 0 saturated carbocycles. The Morgan fingerprint density at radius 1 is 1.20 bits per heavy atom. The number of amidine groups is 1. The van der Waals surface area contributed by atoms with Gasteiger partial charge >= 0.3 is 0 Å². The molecule has 2 aromatic rings. The number of phenols is 1. The van der Waals surface area contributed by atoms with Gasteiger partial charge in [0.1, 0.15) is 0 Å². The van der Waals surface area contributed by atoms with E-state index in [-0.39, 0.29) is 21.7 Å². The van der Waals surface area contributed by atoms with Gasteiger partial charge in [-0.05, 0) is 59.7 Å². The average molecular weight is 393 g/mol. The highest BCUT2D eigenvalue weighted by atomic mass is 35.5. The fraction of sp³-hybridized carbons (Fsp3) is 0.111. The van der Waals surface area contributed by atoms with Crippen molar-refractivity contribution in [1.29, 1.82) is 0 Å². The van der Waals surface area contributed by atoms with E-state index < -0.39 is 0 Å². The molecule has 1 amide bonds. The number of aliphatic imine (C=N–C) groups is 1. The Morgan fingerprint density at radius 3 is 2.44 bits per heavy atom. The number of hydrogen-bond acceptors (Lipinski definition) is 4. The molecule has 128 valence electrons. The van der Waals surface area contributed by atoms with Crippen LogP contribution in [0.4, 0.5) is 5.69 Å². The van der Waals surface area contributed by atoms with Crippen molar-refractivity contribution in [2.24, 2.45) is 4.99 Å². The van der Waals surface area contributed by atoms with Gasteiger partial charge in [0, 0.05) is 0 Å². The van der Waals surface area contributed by atoms with Crippen LogP contribution in [0.5, 0.6) is 5.75 Å². The van der Waals surface area contributed by atoms with Crippen LogP contribution >= 0.6 is 35.0 Å². The first-order valence-corrected chi connectivity index (χ1v) is 9.10. The van der Waals surface area contributed by atoms with Crippen LogP contribution in [0, 0.1) is 0 Å². The van der Waals surface area contributed by atoms with Crippen molar-refractivity contribution >= 4 is 57.8 Å². The number of carbonyl (C=O) groups excluding carboxylic acids is 1. The van der Waals surface area contributed by atoms with Crippen molar-refractivity contribution in [3.05, 3.63) is 62.5 Å². The minimum absolute atomic E-state index is 0.132. The van der Waals surface area contributed by atoms with Gasteiger partial charge < -0.3 is 10.4 Å². The van der Waals surface area contributed by atoms with Crippen LogP contribution in [0.3, 0.4) is 0 Å². The largest absolute Gasteiger partial charge is 0.505 e. The van der Waals surface area contributed by atoms with Crippen LogP contribution in [0.2, 0.25) is 10.0 Å². The first-order valence-electron chi connectivity index (χ1n) is 7.53. The molecule has 0 bridgehead atoms. The number of nitrogens with zero attached hydrogens (tertiary/aromatic N) is 1. The molecule has 0 aromatic heterocycles. The van der Waals surface area contributed by atoms with Crippen molar-refractivity contribution in [2.75, 3.05) is 0 Å². The number of carbonyl (C=O) groups is 1. The molecule has 2 N–H and O–H groups in total. The van der Waals surface area contributed by atoms with E-state index in [4.69, 9.17) is 23.2 Å². The van der Waals surface area contributed by atoms with Crippen LogP contribution in [0.15, 0.2) is 46.3 Å². The molecule has 1 aliphatic rings. The molecular weight excluding hydrogens is 379 g/mol. The van der Waals surface area contributed by atoms with Gasteiger partial charge in [0.15, 0.2) is 10.9 Å². The Hall–Kier alpha value is -1.95. The van der Waals surface area contributed by atoms with Gasteiger partial charge in [-0.15, -0.1) is 0 Å². The predicted molar refractivity (Wildman–Crippen MR) is 105 cm³/mol. The summed E-state index contributed by atoms with van der Waals surface area (Å²) >= 11 is 13.0. The smallest absolute Gasteiger partial charge is 0.264 e. The lowest BCUT2D eigenvalue weighted by atomic mass is 10.2. The summed E-state index contributed by atoms with van der Waals surface area (Å²) in [5.74, 6) is -0.416. The van der Waals surface area contributed by atoms with E-state index in [0.29, 0.717) is 15.6 Å². The van der Waals surface area contributed by atoms with E-state index in [2.05, 4.69) is 17.2 Å². The van der Waals surface area contributed by atoms with E-state index in [0.717, 1.165) is 12.1 Å². The summed E-state index contributed by atoms with van der Waals surface area (Å²) in [7, 11) is 0. The highest BCUT2D eigenvalue weighted by molar-refractivity contribution is 8.18. The van der Waals surface area contributed by atoms with Crippen molar-refractivity contribution in [3.63, 3.8) is 0 Å². The van der Waals surface area contributed by atoms with Gasteiger partial charge in [0.05, 0.1) is 20.6 Å². The fourth-order valence-corrected chi connectivity index (χ4v) is 3.57. The highest BCUT2D eigenvalue weighted by Crippen LogP contribution is 2.35. The van der Waals surface area contributed by atoms with Gasteiger partial charge in [-0.3, -0.25) is 4.79 Å². The number of aryl methyl sites for hydroxylation is 1. The topological polar surface area (TPSA) is 61.7 Å². The molecule has 3 rings (SSSR count). The fourth-order valence-electron chi connectivity index (χ4n) is 2.22. The maximum Gasteiger partial charge on any atom is 0.264 e. The quantitative estimate of drug-likeness (QED) is 0.709. The molecule has 0 spiro atoms. The van der Waals surface area contributed by atoms with E-state index in [9.17, 15) is 9.90 Å². The molecule has 0 aliphatic carbocycles. The lowest BCUT2D eigenvalue weighted by Gasteiger charge is -2.02. The monoisotopic (exact) mass is 392 g/mol. The number of benzene rings is 2. The SMILES string of the molecule is CCc1ccc(N=C2NC(=O)/C(=C\c3cc(Cl)c(O)c(Cl)c3)S2)cc1. The minimum atomic E-state index is -0.241. The molecule has 0 atom stereocenters. The minimum Gasteiger partial charge on any atom is -0.505 e. The first-order chi connectivity index (χ1) is 12.0. The molecule has 4 nitrogen and oxygen atoms in total. The van der Waals surface area contributed by atoms with Gasteiger partial charge in [-0.2, -0.15) is 0 Å². The van der Waals surface area contributed by atoms with Gasteiger partial charge in [-0.1, -0.05) is 42.3 Å². The summed E-state index contributed by atoms with van der Waals surface area (Å²) in [6.45, 7) is 2.09. The van der Waals surface area contributed by atoms with E-state index in [1.54, 1.807) is 18.2 Å². The zero-order valence-electron chi connectivity index (χ0n) is 13.2. The van der Waals surface area contributed by atoms with E-state index in [1.165, 1.54) is 17.3 Å². The molecule has 25 heavy (non-hydrogen) atoms. The molecule has 1 aliphatic heterocycles. The van der Waals surface area contributed by atoms with Gasteiger partial charge in [-0.25, -0.2) is 4.99 Å². The highest BCUT2D eigenvalue weighted by Gasteiger charge is 2.24. The van der Waals surface area contributed by atoms with Gasteiger partial charge in [0.2, 0.25) is 0 Å². The van der Waals surface area contributed by atoms with Crippen molar-refractivity contribution < 1.29 is 9.90 Å². The number of halogens is 2. The maximum absolute atomic E-state index is 12.1. The van der Waals surface area contributed by atoms with Crippen LogP contribution in [0.1, 0.15) is 18.1 Å². The third-order valence-corrected chi connectivity index (χ3v) is 5.05.